The molecule has 0 aliphatic carbocycles. The summed E-state index contributed by atoms with van der Waals surface area (Å²) < 4.78 is 32.0. The molecule has 26 heavy (non-hydrogen) atoms. The number of sulfonamides is 1. The Balaban J connectivity index is 2.19. The highest BCUT2D eigenvalue weighted by Crippen LogP contribution is 2.21. The van der Waals surface area contributed by atoms with Crippen LogP contribution >= 0.6 is 0 Å². The van der Waals surface area contributed by atoms with Crippen molar-refractivity contribution < 1.29 is 23.1 Å². The minimum atomic E-state index is -3.84. The van der Waals surface area contributed by atoms with Crippen LogP contribution in [0.3, 0.4) is 0 Å². The number of rotatable bonds is 9. The summed E-state index contributed by atoms with van der Waals surface area (Å²) in [7, 11) is -3.84. The summed E-state index contributed by atoms with van der Waals surface area (Å²) in [6.45, 7) is 2.20. The average molecular weight is 377 g/mol. The Hall–Kier alpha value is -2.38. The van der Waals surface area contributed by atoms with Gasteiger partial charge in [0.25, 0.3) is 0 Å². The Labute approximate surface area is 154 Å². The first kappa shape index (κ1) is 19.9. The lowest BCUT2D eigenvalue weighted by atomic mass is 10.1. The number of carbonyl (C=O) groups is 1. The molecule has 0 atom stereocenters. The largest absolute Gasteiger partial charge is 0.508 e. The quantitative estimate of drug-likeness (QED) is 0.679. The van der Waals surface area contributed by atoms with Crippen molar-refractivity contribution in [2.75, 3.05) is 19.7 Å². The van der Waals surface area contributed by atoms with Crippen molar-refractivity contribution >= 4 is 16.0 Å². The van der Waals surface area contributed by atoms with Crippen molar-refractivity contribution in [1.82, 2.24) is 4.31 Å². The van der Waals surface area contributed by atoms with Gasteiger partial charge in [-0.3, -0.25) is 4.79 Å². The van der Waals surface area contributed by atoms with E-state index < -0.39 is 16.0 Å². The Morgan fingerprint density at radius 3 is 2.46 bits per heavy atom. The number of esters is 1. The van der Waals surface area contributed by atoms with Gasteiger partial charge in [0.05, 0.1) is 17.9 Å². The smallest absolute Gasteiger partial charge is 0.307 e. The van der Waals surface area contributed by atoms with Gasteiger partial charge in [0.2, 0.25) is 10.0 Å². The number of ether oxygens (including phenoxy) is 1. The molecule has 7 heteroatoms. The third kappa shape index (κ3) is 5.57. The Kier molecular flexibility index (Phi) is 7.17. The zero-order valence-electron chi connectivity index (χ0n) is 14.7. The fourth-order valence-electron chi connectivity index (χ4n) is 2.49. The van der Waals surface area contributed by atoms with Crippen LogP contribution in [0, 0.1) is 0 Å². The Morgan fingerprint density at radius 2 is 1.81 bits per heavy atom. The van der Waals surface area contributed by atoms with E-state index in [9.17, 15) is 18.3 Å². The molecule has 2 aromatic carbocycles. The van der Waals surface area contributed by atoms with Gasteiger partial charge in [-0.2, -0.15) is 4.31 Å². The normalized spacial score (nSPS) is 11.5. The highest BCUT2D eigenvalue weighted by Gasteiger charge is 2.25. The van der Waals surface area contributed by atoms with E-state index in [1.165, 1.54) is 28.6 Å². The third-order valence-electron chi connectivity index (χ3n) is 3.82. The number of carbonyl (C=O) groups excluding carboxylic acids is 1. The molecule has 6 nitrogen and oxygen atoms in total. The Bertz CT molecular complexity index is 821. The molecule has 0 spiro atoms. The number of benzene rings is 2. The van der Waals surface area contributed by atoms with Crippen molar-refractivity contribution in [1.29, 1.82) is 0 Å². The van der Waals surface area contributed by atoms with Crippen LogP contribution in [-0.2, 0) is 26.0 Å². The minimum Gasteiger partial charge on any atom is -0.508 e. The Morgan fingerprint density at radius 1 is 1.08 bits per heavy atom. The van der Waals surface area contributed by atoms with Crippen molar-refractivity contribution in [3.63, 3.8) is 0 Å². The second kappa shape index (κ2) is 9.35. The average Bonchev–Trinajstić information content (AvgIpc) is 2.62. The first-order chi connectivity index (χ1) is 12.4. The number of hydrogen-bond donors (Lipinski definition) is 1. The molecule has 0 bridgehead atoms. The fourth-order valence-corrected chi connectivity index (χ4v) is 3.97. The van der Waals surface area contributed by atoms with Crippen molar-refractivity contribution in [2.24, 2.45) is 0 Å². The predicted octanol–water partition coefficient (Wildman–Crippen LogP) is 2.58. The molecule has 2 aromatic rings. The van der Waals surface area contributed by atoms with Gasteiger partial charge in [0.15, 0.2) is 0 Å². The number of nitrogens with zero attached hydrogens (tertiary/aromatic N) is 1. The molecule has 1 N–H and O–H groups in total. The fraction of sp³-hybridized carbons (Fsp3) is 0.316. The van der Waals surface area contributed by atoms with E-state index in [-0.39, 0.29) is 36.8 Å². The molecule has 140 valence electrons. The highest BCUT2D eigenvalue weighted by molar-refractivity contribution is 7.89. The first-order valence-electron chi connectivity index (χ1n) is 8.42. The molecule has 0 saturated heterocycles. The number of phenols is 1. The topological polar surface area (TPSA) is 83.9 Å². The lowest BCUT2D eigenvalue weighted by Crippen LogP contribution is -2.35. The van der Waals surface area contributed by atoms with E-state index >= 15 is 0 Å². The van der Waals surface area contributed by atoms with Gasteiger partial charge in [-0.15, -0.1) is 0 Å². The molecule has 0 aliphatic rings. The second-order valence-corrected chi connectivity index (χ2v) is 7.63. The summed E-state index contributed by atoms with van der Waals surface area (Å²) in [5.74, 6) is -0.567. The zero-order chi connectivity index (χ0) is 19.0. The van der Waals surface area contributed by atoms with E-state index in [0.717, 1.165) is 5.56 Å². The van der Waals surface area contributed by atoms with Crippen molar-refractivity contribution in [3.8, 4) is 5.75 Å². The lowest BCUT2D eigenvalue weighted by Gasteiger charge is -2.22. The van der Waals surface area contributed by atoms with Gasteiger partial charge in [-0.05, 0) is 37.1 Å². The van der Waals surface area contributed by atoms with E-state index in [4.69, 9.17) is 4.74 Å². The predicted molar refractivity (Wildman–Crippen MR) is 98.3 cm³/mol. The number of hydrogen-bond acceptors (Lipinski definition) is 5. The molecule has 0 saturated carbocycles. The van der Waals surface area contributed by atoms with Crippen LogP contribution in [0.15, 0.2) is 59.5 Å². The minimum absolute atomic E-state index is 0.00517. The van der Waals surface area contributed by atoms with Gasteiger partial charge in [-0.25, -0.2) is 8.42 Å². The monoisotopic (exact) mass is 377 g/mol. The van der Waals surface area contributed by atoms with Gasteiger partial charge >= 0.3 is 5.97 Å². The van der Waals surface area contributed by atoms with Crippen LogP contribution in [0.1, 0.15) is 18.9 Å². The van der Waals surface area contributed by atoms with Gasteiger partial charge < -0.3 is 9.84 Å². The van der Waals surface area contributed by atoms with Crippen molar-refractivity contribution in [2.45, 2.75) is 24.7 Å². The summed E-state index contributed by atoms with van der Waals surface area (Å²) in [4.78, 5) is 11.7. The first-order valence-corrected chi connectivity index (χ1v) is 9.86. The molecule has 0 unspecified atom stereocenters. The highest BCUT2D eigenvalue weighted by atomic mass is 32.2. The third-order valence-corrected chi connectivity index (χ3v) is 5.71. The van der Waals surface area contributed by atoms with E-state index in [0.29, 0.717) is 6.42 Å². The molecule has 2 rings (SSSR count). The standard InChI is InChI=1S/C19H23NO5S/c1-2-25-19(22)12-14-20(13-11-16-7-4-3-5-8-16)26(23,24)18-10-6-9-17(21)15-18/h3-10,15,21H,2,11-14H2,1H3. The maximum absolute atomic E-state index is 12.9. The van der Waals surface area contributed by atoms with E-state index in [2.05, 4.69) is 0 Å². The number of phenolic OH excluding ortho intramolecular Hbond substituents is 1. The van der Waals surface area contributed by atoms with Crippen molar-refractivity contribution in [3.05, 3.63) is 60.2 Å². The van der Waals surface area contributed by atoms with Crippen LogP contribution in [0.5, 0.6) is 5.75 Å². The summed E-state index contributed by atoms with van der Waals surface area (Å²) in [5.41, 5.74) is 1.000. The van der Waals surface area contributed by atoms with Gasteiger partial charge in [-0.1, -0.05) is 36.4 Å². The van der Waals surface area contributed by atoms with Crippen LogP contribution in [0.4, 0.5) is 0 Å². The molecule has 0 fully saturated rings. The van der Waals surface area contributed by atoms with Gasteiger partial charge in [0.1, 0.15) is 5.75 Å². The lowest BCUT2D eigenvalue weighted by molar-refractivity contribution is -0.143. The summed E-state index contributed by atoms with van der Waals surface area (Å²) in [6, 6.07) is 15.0. The molecule has 0 amide bonds. The van der Waals surface area contributed by atoms with Crippen LogP contribution in [0.2, 0.25) is 0 Å². The van der Waals surface area contributed by atoms with Crippen LogP contribution < -0.4 is 0 Å². The maximum Gasteiger partial charge on any atom is 0.307 e. The molecule has 0 aromatic heterocycles. The van der Waals surface area contributed by atoms with Crippen LogP contribution in [-0.4, -0.2) is 43.5 Å². The molecule has 0 radical (unpaired) electrons. The van der Waals surface area contributed by atoms with Crippen LogP contribution in [0.25, 0.3) is 0 Å². The van der Waals surface area contributed by atoms with E-state index in [1.807, 2.05) is 30.3 Å². The molecular weight excluding hydrogens is 354 g/mol. The molecule has 0 heterocycles. The zero-order valence-corrected chi connectivity index (χ0v) is 15.5. The maximum atomic E-state index is 12.9. The summed E-state index contributed by atoms with van der Waals surface area (Å²) in [6.07, 6.45) is 0.488. The summed E-state index contributed by atoms with van der Waals surface area (Å²) in [5, 5.41) is 9.60. The summed E-state index contributed by atoms with van der Waals surface area (Å²) >= 11 is 0. The molecular formula is C19H23NO5S. The van der Waals surface area contributed by atoms with E-state index in [1.54, 1.807) is 6.92 Å². The SMILES string of the molecule is CCOC(=O)CCN(CCc1ccccc1)S(=O)(=O)c1cccc(O)c1. The second-order valence-electron chi connectivity index (χ2n) is 5.69. The number of aromatic hydroxyl groups is 1. The van der Waals surface area contributed by atoms with Gasteiger partial charge in [0, 0.05) is 13.1 Å². The molecule has 0 aliphatic heterocycles.